The van der Waals surface area contributed by atoms with Gasteiger partial charge in [-0.1, -0.05) is 18.2 Å². The summed E-state index contributed by atoms with van der Waals surface area (Å²) in [5.41, 5.74) is 0. The lowest BCUT2D eigenvalue weighted by Gasteiger charge is -2.18. The predicted molar refractivity (Wildman–Crippen MR) is 89.3 cm³/mol. The van der Waals surface area contributed by atoms with Crippen LogP contribution in [-0.2, 0) is 9.59 Å². The van der Waals surface area contributed by atoms with Crippen molar-refractivity contribution >= 4 is 24.3 Å². The van der Waals surface area contributed by atoms with Gasteiger partial charge in [-0.25, -0.2) is 0 Å². The highest BCUT2D eigenvalue weighted by Gasteiger charge is 2.52. The van der Waals surface area contributed by atoms with Crippen molar-refractivity contribution in [3.8, 4) is 5.75 Å². The Labute approximate surface area is 154 Å². The van der Waals surface area contributed by atoms with Crippen LogP contribution in [0.3, 0.4) is 0 Å². The van der Waals surface area contributed by atoms with E-state index in [-0.39, 0.29) is 38.6 Å². The van der Waals surface area contributed by atoms with Crippen molar-refractivity contribution in [1.82, 2.24) is 10.2 Å². The zero-order chi connectivity index (χ0) is 18.4. The zero-order valence-electron chi connectivity index (χ0n) is 13.7. The number of nitrogens with zero attached hydrogens (tertiary/aromatic N) is 1. The van der Waals surface area contributed by atoms with Crippen molar-refractivity contribution in [1.29, 1.82) is 0 Å². The van der Waals surface area contributed by atoms with Gasteiger partial charge < -0.3 is 15.2 Å². The molecule has 1 aromatic rings. The molecular formula is C16H20ClF3N2O4. The number of ether oxygens (including phenoxy) is 1. The Kier molecular flexibility index (Phi) is 8.16. The molecule has 0 aliphatic carbocycles. The average Bonchev–Trinajstić information content (AvgIpc) is 2.97. The Bertz CT molecular complexity index is 601. The number of aliphatic carboxylic acids is 1. The summed E-state index contributed by atoms with van der Waals surface area (Å²) < 4.78 is 44.0. The highest BCUT2D eigenvalue weighted by Crippen LogP contribution is 2.37. The van der Waals surface area contributed by atoms with Crippen molar-refractivity contribution in [3.63, 3.8) is 0 Å². The third-order valence-electron chi connectivity index (χ3n) is 3.94. The number of carbonyl (C=O) groups is 2. The first-order chi connectivity index (χ1) is 11.8. The van der Waals surface area contributed by atoms with Gasteiger partial charge in [-0.05, 0) is 12.1 Å². The molecule has 0 aromatic heterocycles. The van der Waals surface area contributed by atoms with Gasteiger partial charge in [0.15, 0.2) is 0 Å². The second kappa shape index (κ2) is 9.63. The van der Waals surface area contributed by atoms with Crippen molar-refractivity contribution in [2.24, 2.45) is 11.8 Å². The number of benzene rings is 1. The molecule has 0 radical (unpaired) electrons. The number of nitrogens with one attached hydrogen (secondary N) is 1. The van der Waals surface area contributed by atoms with Crippen molar-refractivity contribution < 1.29 is 32.6 Å². The summed E-state index contributed by atoms with van der Waals surface area (Å²) in [6, 6.07) is 8.96. The minimum Gasteiger partial charge on any atom is -0.492 e. The summed E-state index contributed by atoms with van der Waals surface area (Å²) in [7, 11) is 0. The fourth-order valence-corrected chi connectivity index (χ4v) is 2.73. The maximum absolute atomic E-state index is 12.9. The van der Waals surface area contributed by atoms with Crippen LogP contribution in [0.1, 0.15) is 0 Å². The Morgan fingerprint density at radius 1 is 1.23 bits per heavy atom. The number of para-hydroxylation sites is 1. The topological polar surface area (TPSA) is 78.9 Å². The number of likely N-dealkylation sites (tertiary alicyclic amines) is 1. The van der Waals surface area contributed by atoms with E-state index in [2.05, 4.69) is 5.32 Å². The average molecular weight is 397 g/mol. The van der Waals surface area contributed by atoms with Gasteiger partial charge >= 0.3 is 12.1 Å². The number of carboxylic acid groups (broad SMARTS) is 1. The van der Waals surface area contributed by atoms with Gasteiger partial charge in [-0.15, -0.1) is 12.4 Å². The standard InChI is InChI=1S/C16H19F3N2O4.ClH/c17-16(18,19)13-9-21(8-12(13)15(23)24)10-14(22)20-6-7-25-11-4-2-1-3-5-11;/h1-5,12-13H,6-10H2,(H,20,22)(H,23,24);1H/t12-,13-;/m1./s1. The Morgan fingerprint density at radius 3 is 2.42 bits per heavy atom. The van der Waals surface area contributed by atoms with Gasteiger partial charge in [0, 0.05) is 13.1 Å². The van der Waals surface area contributed by atoms with Crippen LogP contribution < -0.4 is 10.1 Å². The SMILES string of the molecule is Cl.O=C(CN1C[C@@H](C(F)(F)F)[C@H](C(=O)O)C1)NCCOc1ccccc1. The van der Waals surface area contributed by atoms with Gasteiger partial charge in [0.2, 0.25) is 5.91 Å². The van der Waals surface area contributed by atoms with E-state index in [0.717, 1.165) is 0 Å². The molecule has 1 amide bonds. The van der Waals surface area contributed by atoms with Crippen LogP contribution in [0.2, 0.25) is 0 Å². The summed E-state index contributed by atoms with van der Waals surface area (Å²) in [5, 5.41) is 11.5. The summed E-state index contributed by atoms with van der Waals surface area (Å²) in [4.78, 5) is 24.0. The van der Waals surface area contributed by atoms with Gasteiger partial charge in [-0.3, -0.25) is 14.5 Å². The summed E-state index contributed by atoms with van der Waals surface area (Å²) in [5.74, 6) is -4.83. The molecule has 1 aliphatic rings. The normalized spacial score (nSPS) is 20.3. The molecular weight excluding hydrogens is 377 g/mol. The second-order valence-corrected chi connectivity index (χ2v) is 5.80. The molecule has 1 aromatic carbocycles. The fourth-order valence-electron chi connectivity index (χ4n) is 2.73. The fraction of sp³-hybridized carbons (Fsp3) is 0.500. The number of halogens is 4. The first-order valence-electron chi connectivity index (χ1n) is 7.74. The monoisotopic (exact) mass is 396 g/mol. The number of hydrogen-bond acceptors (Lipinski definition) is 4. The van der Waals surface area contributed by atoms with Crippen molar-refractivity contribution in [2.45, 2.75) is 6.18 Å². The molecule has 1 fully saturated rings. The molecule has 26 heavy (non-hydrogen) atoms. The van der Waals surface area contributed by atoms with E-state index < -0.39 is 36.4 Å². The summed E-state index contributed by atoms with van der Waals surface area (Å²) >= 11 is 0. The van der Waals surface area contributed by atoms with E-state index in [9.17, 15) is 22.8 Å². The maximum Gasteiger partial charge on any atom is 0.393 e. The molecule has 1 heterocycles. The van der Waals surface area contributed by atoms with E-state index in [0.29, 0.717) is 5.75 Å². The highest BCUT2D eigenvalue weighted by atomic mass is 35.5. The number of carboxylic acids is 1. The molecule has 1 saturated heterocycles. The number of hydrogen-bond donors (Lipinski definition) is 2. The van der Waals surface area contributed by atoms with Crippen LogP contribution in [0.4, 0.5) is 13.2 Å². The van der Waals surface area contributed by atoms with E-state index >= 15 is 0 Å². The third-order valence-corrected chi connectivity index (χ3v) is 3.94. The molecule has 0 unspecified atom stereocenters. The first-order valence-corrected chi connectivity index (χ1v) is 7.74. The molecule has 2 atom stereocenters. The molecule has 10 heteroatoms. The molecule has 6 nitrogen and oxygen atoms in total. The van der Waals surface area contributed by atoms with Gasteiger partial charge in [0.25, 0.3) is 0 Å². The zero-order valence-corrected chi connectivity index (χ0v) is 14.6. The van der Waals surface area contributed by atoms with E-state index in [1.807, 2.05) is 6.07 Å². The molecule has 2 rings (SSSR count). The minimum absolute atomic E-state index is 0. The smallest absolute Gasteiger partial charge is 0.393 e. The van der Waals surface area contributed by atoms with E-state index in [4.69, 9.17) is 9.84 Å². The van der Waals surface area contributed by atoms with Crippen LogP contribution in [0.5, 0.6) is 5.75 Å². The van der Waals surface area contributed by atoms with Crippen LogP contribution in [0.15, 0.2) is 30.3 Å². The molecule has 1 aliphatic heterocycles. The lowest BCUT2D eigenvalue weighted by molar-refractivity contribution is -0.188. The van der Waals surface area contributed by atoms with E-state index in [1.54, 1.807) is 24.3 Å². The predicted octanol–water partition coefficient (Wildman–Crippen LogP) is 1.80. The maximum atomic E-state index is 12.9. The number of carbonyl (C=O) groups excluding carboxylic acids is 1. The lowest BCUT2D eigenvalue weighted by Crippen LogP contribution is -2.38. The van der Waals surface area contributed by atoms with Crippen LogP contribution in [0.25, 0.3) is 0 Å². The first kappa shape index (κ1) is 22.0. The quantitative estimate of drug-likeness (QED) is 0.687. The Hall–Kier alpha value is -2.00. The Morgan fingerprint density at radius 2 is 1.88 bits per heavy atom. The molecule has 2 N–H and O–H groups in total. The minimum atomic E-state index is -4.60. The molecule has 0 spiro atoms. The highest BCUT2D eigenvalue weighted by molar-refractivity contribution is 5.85. The lowest BCUT2D eigenvalue weighted by atomic mass is 9.96. The van der Waals surface area contributed by atoms with Gasteiger partial charge in [-0.2, -0.15) is 13.2 Å². The number of amides is 1. The third kappa shape index (κ3) is 6.38. The van der Waals surface area contributed by atoms with E-state index in [1.165, 1.54) is 4.90 Å². The van der Waals surface area contributed by atoms with Crippen LogP contribution >= 0.6 is 12.4 Å². The summed E-state index contributed by atoms with van der Waals surface area (Å²) in [6.45, 7) is -0.644. The second-order valence-electron chi connectivity index (χ2n) is 5.80. The Balaban J connectivity index is 0.00000338. The van der Waals surface area contributed by atoms with Crippen LogP contribution in [0, 0.1) is 11.8 Å². The summed E-state index contributed by atoms with van der Waals surface area (Å²) in [6.07, 6.45) is -4.60. The van der Waals surface area contributed by atoms with Crippen molar-refractivity contribution in [3.05, 3.63) is 30.3 Å². The van der Waals surface area contributed by atoms with Gasteiger partial charge in [0.05, 0.1) is 24.9 Å². The number of rotatable bonds is 7. The van der Waals surface area contributed by atoms with Crippen molar-refractivity contribution in [2.75, 3.05) is 32.8 Å². The number of alkyl halides is 3. The molecule has 0 saturated carbocycles. The largest absolute Gasteiger partial charge is 0.492 e. The molecule has 0 bridgehead atoms. The van der Waals surface area contributed by atoms with Crippen LogP contribution in [-0.4, -0.2) is 60.8 Å². The van der Waals surface area contributed by atoms with Gasteiger partial charge in [0.1, 0.15) is 12.4 Å². The molecule has 146 valence electrons.